The minimum atomic E-state index is 0.475. The quantitative estimate of drug-likeness (QED) is 0.341. The van der Waals surface area contributed by atoms with Crippen LogP contribution in [0.3, 0.4) is 0 Å². The summed E-state index contributed by atoms with van der Waals surface area (Å²) in [5.74, 6) is 2.18. The summed E-state index contributed by atoms with van der Waals surface area (Å²) in [7, 11) is 0. The number of aromatic nitrogens is 1. The molecule has 0 N–H and O–H groups in total. The van der Waals surface area contributed by atoms with Gasteiger partial charge in [0.05, 0.1) is 35.5 Å². The Morgan fingerprint density at radius 1 is 0.900 bits per heavy atom. The highest BCUT2D eigenvalue weighted by Gasteiger charge is 2.14. The lowest BCUT2D eigenvalue weighted by Crippen LogP contribution is -2.01. The maximum absolute atomic E-state index is 8.80. The number of nitriles is 1. The molecule has 0 fully saturated rings. The first kappa shape index (κ1) is 21.9. The van der Waals surface area contributed by atoms with Gasteiger partial charge in [0.1, 0.15) is 11.5 Å². The smallest absolute Gasteiger partial charge is 0.119 e. The van der Waals surface area contributed by atoms with Gasteiger partial charge in [-0.1, -0.05) is 13.8 Å². The van der Waals surface area contributed by atoms with Crippen molar-refractivity contribution in [3.63, 3.8) is 0 Å². The van der Waals surface area contributed by atoms with E-state index < -0.39 is 0 Å². The summed E-state index contributed by atoms with van der Waals surface area (Å²) in [5, 5.41) is 9.91. The first-order valence-electron chi connectivity index (χ1n) is 10.4. The average Bonchev–Trinajstić information content (AvgIpc) is 3.16. The molecule has 3 aromatic rings. The second-order valence-electron chi connectivity index (χ2n) is 7.52. The Hall–Kier alpha value is -2.84. The number of thiazole rings is 1. The molecule has 0 amide bonds. The molecule has 30 heavy (non-hydrogen) atoms. The van der Waals surface area contributed by atoms with Gasteiger partial charge in [0.15, 0.2) is 0 Å². The van der Waals surface area contributed by atoms with E-state index in [1.807, 2.05) is 24.3 Å². The van der Waals surface area contributed by atoms with Crippen molar-refractivity contribution in [2.45, 2.75) is 46.0 Å². The highest BCUT2D eigenvalue weighted by Crippen LogP contribution is 2.34. The maximum Gasteiger partial charge on any atom is 0.119 e. The van der Waals surface area contributed by atoms with Crippen molar-refractivity contribution < 1.29 is 9.47 Å². The molecule has 1 aromatic heterocycles. The Kier molecular flexibility index (Phi) is 7.87. The molecule has 0 spiro atoms. The molecule has 4 nitrogen and oxygen atoms in total. The van der Waals surface area contributed by atoms with Crippen molar-refractivity contribution in [3.8, 4) is 28.8 Å². The van der Waals surface area contributed by atoms with Gasteiger partial charge in [0.25, 0.3) is 0 Å². The van der Waals surface area contributed by atoms with E-state index in [9.17, 15) is 0 Å². The summed E-state index contributed by atoms with van der Waals surface area (Å²) in [6, 6.07) is 17.6. The van der Waals surface area contributed by atoms with Crippen LogP contribution in [0.1, 0.15) is 54.5 Å². The van der Waals surface area contributed by atoms with Crippen molar-refractivity contribution in [3.05, 3.63) is 64.0 Å². The standard InChI is InChI=1S/C25H28N2O2S/c1-18(2)25-24(27-19(3)30-25)21-9-13-23(14-10-21)29-16-6-4-5-15-28-22-11-7-20(17-26)8-12-22/h7-14,18H,4-6,15-16H2,1-3H3. The van der Waals surface area contributed by atoms with E-state index >= 15 is 0 Å². The van der Waals surface area contributed by atoms with Crippen LogP contribution in [0, 0.1) is 18.3 Å². The fourth-order valence-corrected chi connectivity index (χ4v) is 4.09. The molecule has 5 heteroatoms. The van der Waals surface area contributed by atoms with Gasteiger partial charge >= 0.3 is 0 Å². The van der Waals surface area contributed by atoms with Crippen molar-refractivity contribution in [2.75, 3.05) is 13.2 Å². The zero-order valence-electron chi connectivity index (χ0n) is 17.9. The number of hydrogen-bond donors (Lipinski definition) is 0. The molecule has 2 aromatic carbocycles. The van der Waals surface area contributed by atoms with Crippen LogP contribution in [0.15, 0.2) is 48.5 Å². The average molecular weight is 421 g/mol. The van der Waals surface area contributed by atoms with Crippen molar-refractivity contribution in [1.29, 1.82) is 5.26 Å². The molecule has 0 bridgehead atoms. The van der Waals surface area contributed by atoms with Crippen molar-refractivity contribution >= 4 is 11.3 Å². The molecule has 0 aliphatic heterocycles. The summed E-state index contributed by atoms with van der Waals surface area (Å²) in [6.45, 7) is 7.86. The number of rotatable bonds is 10. The van der Waals surface area contributed by atoms with E-state index in [0.29, 0.717) is 24.7 Å². The molecule has 0 radical (unpaired) electrons. The number of unbranched alkanes of at least 4 members (excludes halogenated alkanes) is 2. The maximum atomic E-state index is 8.80. The summed E-state index contributed by atoms with van der Waals surface area (Å²) in [6.07, 6.45) is 3.01. The van der Waals surface area contributed by atoms with Gasteiger partial charge in [0.2, 0.25) is 0 Å². The highest BCUT2D eigenvalue weighted by molar-refractivity contribution is 7.12. The predicted octanol–water partition coefficient (Wildman–Crippen LogP) is 6.74. The zero-order valence-corrected chi connectivity index (χ0v) is 18.7. The van der Waals surface area contributed by atoms with E-state index in [0.717, 1.165) is 47.0 Å². The fourth-order valence-electron chi connectivity index (χ4n) is 3.14. The van der Waals surface area contributed by atoms with Crippen LogP contribution in [-0.2, 0) is 0 Å². The molecule has 0 unspecified atom stereocenters. The largest absolute Gasteiger partial charge is 0.494 e. The van der Waals surface area contributed by atoms with Gasteiger partial charge in [0, 0.05) is 10.4 Å². The van der Waals surface area contributed by atoms with Gasteiger partial charge in [-0.3, -0.25) is 0 Å². The lowest BCUT2D eigenvalue weighted by Gasteiger charge is -2.09. The first-order valence-corrected chi connectivity index (χ1v) is 11.2. The van der Waals surface area contributed by atoms with Gasteiger partial charge in [-0.05, 0) is 80.6 Å². The highest BCUT2D eigenvalue weighted by atomic mass is 32.1. The van der Waals surface area contributed by atoms with Crippen LogP contribution in [0.4, 0.5) is 0 Å². The third-order valence-electron chi connectivity index (χ3n) is 4.72. The van der Waals surface area contributed by atoms with Crippen molar-refractivity contribution in [2.24, 2.45) is 0 Å². The number of ether oxygens (including phenoxy) is 2. The van der Waals surface area contributed by atoms with E-state index in [4.69, 9.17) is 19.7 Å². The number of benzene rings is 2. The molecule has 0 saturated carbocycles. The van der Waals surface area contributed by atoms with E-state index in [1.54, 1.807) is 23.5 Å². The molecule has 1 heterocycles. The number of nitrogens with zero attached hydrogens (tertiary/aromatic N) is 2. The van der Waals surface area contributed by atoms with Gasteiger partial charge in [-0.15, -0.1) is 11.3 Å². The van der Waals surface area contributed by atoms with Gasteiger partial charge in [-0.2, -0.15) is 5.26 Å². The first-order chi connectivity index (χ1) is 14.6. The Morgan fingerprint density at radius 2 is 1.47 bits per heavy atom. The molecule has 156 valence electrons. The topological polar surface area (TPSA) is 55.1 Å². The lowest BCUT2D eigenvalue weighted by molar-refractivity contribution is 0.279. The predicted molar refractivity (Wildman–Crippen MR) is 122 cm³/mol. The fraction of sp³-hybridized carbons (Fsp3) is 0.360. The normalized spacial score (nSPS) is 10.8. The minimum Gasteiger partial charge on any atom is -0.494 e. The molecule has 3 rings (SSSR count). The molecule has 0 aliphatic rings. The summed E-state index contributed by atoms with van der Waals surface area (Å²) < 4.78 is 11.6. The van der Waals surface area contributed by atoms with Crippen LogP contribution in [0.5, 0.6) is 11.5 Å². The Labute approximate surface area is 183 Å². The van der Waals surface area contributed by atoms with E-state index in [2.05, 4.69) is 39.0 Å². The number of aryl methyl sites for hydroxylation is 1. The van der Waals surface area contributed by atoms with Crippen LogP contribution in [0.2, 0.25) is 0 Å². The Balaban J connectivity index is 1.37. The monoisotopic (exact) mass is 420 g/mol. The molecule has 0 atom stereocenters. The van der Waals surface area contributed by atoms with Crippen LogP contribution in [-0.4, -0.2) is 18.2 Å². The third kappa shape index (κ3) is 6.08. The molecule has 0 saturated heterocycles. The number of hydrogen-bond acceptors (Lipinski definition) is 5. The Morgan fingerprint density at radius 3 is 2.00 bits per heavy atom. The van der Waals surface area contributed by atoms with Gasteiger partial charge in [-0.25, -0.2) is 4.98 Å². The van der Waals surface area contributed by atoms with Crippen LogP contribution in [0.25, 0.3) is 11.3 Å². The van der Waals surface area contributed by atoms with Gasteiger partial charge < -0.3 is 9.47 Å². The summed E-state index contributed by atoms with van der Waals surface area (Å²) in [5.41, 5.74) is 2.89. The van der Waals surface area contributed by atoms with Crippen LogP contribution < -0.4 is 9.47 Å². The van der Waals surface area contributed by atoms with E-state index in [1.165, 1.54) is 4.88 Å². The SMILES string of the molecule is Cc1nc(-c2ccc(OCCCCCOc3ccc(C#N)cc3)cc2)c(C(C)C)s1. The lowest BCUT2D eigenvalue weighted by atomic mass is 10.1. The molecule has 0 aliphatic carbocycles. The molecular formula is C25H28N2O2S. The van der Waals surface area contributed by atoms with E-state index in [-0.39, 0.29) is 0 Å². The minimum absolute atomic E-state index is 0.475. The summed E-state index contributed by atoms with van der Waals surface area (Å²) >= 11 is 1.78. The zero-order chi connectivity index (χ0) is 21.3. The second kappa shape index (κ2) is 10.8. The third-order valence-corrected chi connectivity index (χ3v) is 5.99. The van der Waals surface area contributed by atoms with Crippen molar-refractivity contribution in [1.82, 2.24) is 4.98 Å². The van der Waals surface area contributed by atoms with Crippen LogP contribution >= 0.6 is 11.3 Å². The molecular weight excluding hydrogens is 392 g/mol. The second-order valence-corrected chi connectivity index (χ2v) is 8.75. The Bertz CT molecular complexity index is 970. The summed E-state index contributed by atoms with van der Waals surface area (Å²) in [4.78, 5) is 6.06.